The number of anilines is 2. The van der Waals surface area contributed by atoms with Gasteiger partial charge in [0.05, 0.1) is 17.2 Å². The third-order valence-electron chi connectivity index (χ3n) is 4.73. The van der Waals surface area contributed by atoms with Crippen LogP contribution in [0.4, 0.5) is 11.5 Å². The molecule has 3 heterocycles. The summed E-state index contributed by atoms with van der Waals surface area (Å²) in [7, 11) is 1.94. The van der Waals surface area contributed by atoms with Crippen LogP contribution in [-0.2, 0) is 7.05 Å². The first-order chi connectivity index (χ1) is 13.7. The predicted molar refractivity (Wildman–Crippen MR) is 112 cm³/mol. The summed E-state index contributed by atoms with van der Waals surface area (Å²) in [6, 6.07) is 20.0. The van der Waals surface area contributed by atoms with Crippen LogP contribution in [0.25, 0.3) is 33.3 Å². The molecule has 1 N–H and O–H groups in total. The molecule has 0 radical (unpaired) electrons. The fourth-order valence-electron chi connectivity index (χ4n) is 3.33. The summed E-state index contributed by atoms with van der Waals surface area (Å²) in [6.07, 6.45) is 1.86. The van der Waals surface area contributed by atoms with Crippen LogP contribution < -0.4 is 5.32 Å². The van der Waals surface area contributed by atoms with Crippen LogP contribution in [0.1, 0.15) is 5.69 Å². The molecule has 0 aliphatic carbocycles. The van der Waals surface area contributed by atoms with Gasteiger partial charge in [-0.05, 0) is 49.4 Å². The highest BCUT2D eigenvalue weighted by molar-refractivity contribution is 5.93. The van der Waals surface area contributed by atoms with Gasteiger partial charge in [-0.1, -0.05) is 18.2 Å². The molecule has 5 aromatic rings. The standard InChI is InChI=1S/C22H18N6/c1-14-6-5-9-19(24-14)22-26-18-8-4-3-7-17(18)21(27-22)25-16-10-11-20-15(12-16)13-23-28(20)2/h3-13H,1-2H3,(H,25,26,27). The van der Waals surface area contributed by atoms with E-state index >= 15 is 0 Å². The van der Waals surface area contributed by atoms with Crippen LogP contribution in [0.2, 0.25) is 0 Å². The molecule has 3 aromatic heterocycles. The Kier molecular flexibility index (Phi) is 3.76. The van der Waals surface area contributed by atoms with Crippen LogP contribution in [0.3, 0.4) is 0 Å². The van der Waals surface area contributed by atoms with Crippen molar-refractivity contribution in [3.8, 4) is 11.5 Å². The van der Waals surface area contributed by atoms with Gasteiger partial charge in [0, 0.05) is 29.2 Å². The maximum Gasteiger partial charge on any atom is 0.180 e. The van der Waals surface area contributed by atoms with Crippen LogP contribution >= 0.6 is 0 Å². The minimum Gasteiger partial charge on any atom is -0.340 e. The number of hydrogen-bond acceptors (Lipinski definition) is 5. The van der Waals surface area contributed by atoms with Gasteiger partial charge in [-0.15, -0.1) is 0 Å². The SMILES string of the molecule is Cc1cccc(-c2nc(Nc3ccc4c(cnn4C)c3)c3ccccc3n2)n1. The van der Waals surface area contributed by atoms with Crippen molar-refractivity contribution in [1.29, 1.82) is 0 Å². The average Bonchev–Trinajstić information content (AvgIpc) is 3.08. The highest BCUT2D eigenvalue weighted by Crippen LogP contribution is 2.28. The Morgan fingerprint density at radius 2 is 1.79 bits per heavy atom. The Morgan fingerprint density at radius 3 is 2.68 bits per heavy atom. The summed E-state index contributed by atoms with van der Waals surface area (Å²) in [5.74, 6) is 1.36. The average molecular weight is 366 g/mol. The number of fused-ring (bicyclic) bond motifs is 2. The second kappa shape index (κ2) is 6.42. The Morgan fingerprint density at radius 1 is 0.893 bits per heavy atom. The van der Waals surface area contributed by atoms with Gasteiger partial charge in [0.25, 0.3) is 0 Å². The first-order valence-corrected chi connectivity index (χ1v) is 9.07. The largest absolute Gasteiger partial charge is 0.340 e. The van der Waals surface area contributed by atoms with E-state index in [1.807, 2.05) is 73.4 Å². The van der Waals surface area contributed by atoms with Crippen molar-refractivity contribution >= 4 is 33.3 Å². The van der Waals surface area contributed by atoms with E-state index in [9.17, 15) is 0 Å². The number of nitrogens with one attached hydrogen (secondary N) is 1. The zero-order valence-corrected chi connectivity index (χ0v) is 15.6. The van der Waals surface area contributed by atoms with Crippen LogP contribution in [0, 0.1) is 6.92 Å². The fraction of sp³-hybridized carbons (Fsp3) is 0.0909. The number of pyridine rings is 1. The third kappa shape index (κ3) is 2.85. The van der Waals surface area contributed by atoms with Crippen LogP contribution in [0.15, 0.2) is 66.9 Å². The topological polar surface area (TPSA) is 68.5 Å². The summed E-state index contributed by atoms with van der Waals surface area (Å²) in [6.45, 7) is 1.97. The Labute approximate surface area is 161 Å². The zero-order valence-electron chi connectivity index (χ0n) is 15.6. The molecule has 2 aromatic carbocycles. The van der Waals surface area contributed by atoms with Gasteiger partial charge >= 0.3 is 0 Å². The van der Waals surface area contributed by atoms with Crippen molar-refractivity contribution in [1.82, 2.24) is 24.7 Å². The van der Waals surface area contributed by atoms with Crippen LogP contribution in [0.5, 0.6) is 0 Å². The van der Waals surface area contributed by atoms with Gasteiger partial charge in [0.1, 0.15) is 11.5 Å². The van der Waals surface area contributed by atoms with Crippen molar-refractivity contribution in [2.75, 3.05) is 5.32 Å². The highest BCUT2D eigenvalue weighted by atomic mass is 15.2. The lowest BCUT2D eigenvalue weighted by Crippen LogP contribution is -2.00. The second-order valence-corrected chi connectivity index (χ2v) is 6.74. The van der Waals surface area contributed by atoms with Crippen molar-refractivity contribution in [2.24, 2.45) is 7.05 Å². The Bertz CT molecular complexity index is 1320. The maximum atomic E-state index is 4.79. The predicted octanol–water partition coefficient (Wildman–Crippen LogP) is 4.63. The quantitative estimate of drug-likeness (QED) is 0.504. The summed E-state index contributed by atoms with van der Waals surface area (Å²) in [5, 5.41) is 9.81. The number of rotatable bonds is 3. The Hall–Kier alpha value is -3.80. The van der Waals surface area contributed by atoms with Gasteiger partial charge in [-0.2, -0.15) is 5.10 Å². The van der Waals surface area contributed by atoms with E-state index in [4.69, 9.17) is 9.97 Å². The molecule has 136 valence electrons. The van der Waals surface area contributed by atoms with Gasteiger partial charge in [-0.3, -0.25) is 4.68 Å². The summed E-state index contributed by atoms with van der Waals surface area (Å²) >= 11 is 0. The smallest absolute Gasteiger partial charge is 0.180 e. The molecule has 0 saturated carbocycles. The summed E-state index contributed by atoms with van der Waals surface area (Å²) in [4.78, 5) is 14.1. The molecule has 5 rings (SSSR count). The van der Waals surface area contributed by atoms with E-state index in [1.54, 1.807) is 0 Å². The molecule has 0 bridgehead atoms. The van der Waals surface area contributed by atoms with Gasteiger partial charge in [-0.25, -0.2) is 15.0 Å². The second-order valence-electron chi connectivity index (χ2n) is 6.74. The van der Waals surface area contributed by atoms with Crippen molar-refractivity contribution < 1.29 is 0 Å². The number of aromatic nitrogens is 5. The molecule has 0 spiro atoms. The molecule has 0 fully saturated rings. The highest BCUT2D eigenvalue weighted by Gasteiger charge is 2.11. The zero-order chi connectivity index (χ0) is 19.1. The van der Waals surface area contributed by atoms with Crippen molar-refractivity contribution in [2.45, 2.75) is 6.92 Å². The lowest BCUT2D eigenvalue weighted by molar-refractivity contribution is 0.797. The number of para-hydroxylation sites is 1. The monoisotopic (exact) mass is 366 g/mol. The molecular weight excluding hydrogens is 348 g/mol. The van der Waals surface area contributed by atoms with Gasteiger partial charge < -0.3 is 5.32 Å². The van der Waals surface area contributed by atoms with Gasteiger partial charge in [0.2, 0.25) is 0 Å². The molecule has 6 nitrogen and oxygen atoms in total. The molecule has 0 aliphatic rings. The molecule has 0 atom stereocenters. The normalized spacial score (nSPS) is 11.2. The third-order valence-corrected chi connectivity index (χ3v) is 4.73. The summed E-state index contributed by atoms with van der Waals surface area (Å²) in [5.41, 5.74) is 4.61. The number of nitrogens with zero attached hydrogens (tertiary/aromatic N) is 5. The number of hydrogen-bond donors (Lipinski definition) is 1. The molecule has 28 heavy (non-hydrogen) atoms. The maximum absolute atomic E-state index is 4.79. The van der Waals surface area contributed by atoms with E-state index in [0.29, 0.717) is 5.82 Å². The lowest BCUT2D eigenvalue weighted by atomic mass is 10.2. The fourth-order valence-corrected chi connectivity index (χ4v) is 3.33. The molecule has 0 unspecified atom stereocenters. The molecule has 0 amide bonds. The minimum atomic E-state index is 0.604. The molecule has 0 aliphatic heterocycles. The van der Waals surface area contributed by atoms with E-state index in [1.165, 1.54) is 0 Å². The van der Waals surface area contributed by atoms with E-state index in [-0.39, 0.29) is 0 Å². The van der Waals surface area contributed by atoms with E-state index < -0.39 is 0 Å². The lowest BCUT2D eigenvalue weighted by Gasteiger charge is -2.11. The van der Waals surface area contributed by atoms with E-state index in [2.05, 4.69) is 27.5 Å². The van der Waals surface area contributed by atoms with Crippen LogP contribution in [-0.4, -0.2) is 24.7 Å². The number of benzene rings is 2. The van der Waals surface area contributed by atoms with E-state index in [0.717, 1.165) is 44.7 Å². The van der Waals surface area contributed by atoms with Crippen molar-refractivity contribution in [3.05, 3.63) is 72.6 Å². The molecule has 6 heteroatoms. The van der Waals surface area contributed by atoms with Gasteiger partial charge in [0.15, 0.2) is 5.82 Å². The molecule has 0 saturated heterocycles. The number of aryl methyl sites for hydroxylation is 2. The summed E-state index contributed by atoms with van der Waals surface area (Å²) < 4.78 is 1.86. The minimum absolute atomic E-state index is 0.604. The molecular formula is C22H18N6. The first-order valence-electron chi connectivity index (χ1n) is 9.07. The van der Waals surface area contributed by atoms with Crippen molar-refractivity contribution in [3.63, 3.8) is 0 Å². The first kappa shape index (κ1) is 16.4. The Balaban J connectivity index is 1.64.